The molecule has 0 unspecified atom stereocenters. The molecule has 0 amide bonds. The van der Waals surface area contributed by atoms with Gasteiger partial charge >= 0.3 is 11.9 Å². The Labute approximate surface area is 118 Å². The number of methoxy groups -OCH3 is 1. The molecule has 1 aromatic carbocycles. The first-order valence-corrected chi connectivity index (χ1v) is 6.55. The molecule has 0 heterocycles. The number of esters is 2. The number of ether oxygens (including phenoxy) is 2. The lowest BCUT2D eigenvalue weighted by Crippen LogP contribution is -2.43. The Balaban J connectivity index is 2.31. The third kappa shape index (κ3) is 2.74. The van der Waals surface area contributed by atoms with Crippen molar-refractivity contribution in [1.29, 1.82) is 0 Å². The van der Waals surface area contributed by atoms with E-state index in [1.807, 2.05) is 36.4 Å². The SMILES string of the molecule is COC(=O)[C@]1(Cc2ccccc2)CC=C[C@H]1OC(C)=O. The van der Waals surface area contributed by atoms with Crippen molar-refractivity contribution in [2.24, 2.45) is 5.41 Å². The highest BCUT2D eigenvalue weighted by Gasteiger charge is 2.49. The van der Waals surface area contributed by atoms with Gasteiger partial charge in [-0.05, 0) is 24.5 Å². The monoisotopic (exact) mass is 274 g/mol. The van der Waals surface area contributed by atoms with Crippen LogP contribution in [0.3, 0.4) is 0 Å². The number of hydrogen-bond acceptors (Lipinski definition) is 4. The molecule has 0 N–H and O–H groups in total. The summed E-state index contributed by atoms with van der Waals surface area (Å²) in [5.74, 6) is -0.750. The Morgan fingerprint density at radius 3 is 2.60 bits per heavy atom. The molecule has 1 aliphatic carbocycles. The lowest BCUT2D eigenvalue weighted by molar-refractivity contribution is -0.165. The average Bonchev–Trinajstić information content (AvgIpc) is 2.82. The van der Waals surface area contributed by atoms with Gasteiger partial charge in [-0.1, -0.05) is 36.4 Å². The first-order chi connectivity index (χ1) is 9.58. The van der Waals surface area contributed by atoms with Gasteiger partial charge in [0.2, 0.25) is 0 Å². The third-order valence-corrected chi connectivity index (χ3v) is 3.58. The van der Waals surface area contributed by atoms with Gasteiger partial charge in [0.05, 0.1) is 7.11 Å². The van der Waals surface area contributed by atoms with Crippen LogP contribution in [-0.2, 0) is 25.5 Å². The Kier molecular flexibility index (Phi) is 4.23. The number of carbonyl (C=O) groups excluding carboxylic acids is 2. The van der Waals surface area contributed by atoms with Gasteiger partial charge in [0.15, 0.2) is 0 Å². The average molecular weight is 274 g/mol. The zero-order chi connectivity index (χ0) is 14.6. The van der Waals surface area contributed by atoms with E-state index in [-0.39, 0.29) is 5.97 Å². The molecule has 2 atom stereocenters. The van der Waals surface area contributed by atoms with Crippen LogP contribution in [0.4, 0.5) is 0 Å². The predicted octanol–water partition coefficient (Wildman–Crippen LogP) is 2.28. The van der Waals surface area contributed by atoms with Crippen molar-refractivity contribution in [3.8, 4) is 0 Å². The number of benzene rings is 1. The minimum Gasteiger partial charge on any atom is -0.468 e. The summed E-state index contributed by atoms with van der Waals surface area (Å²) in [6.07, 6.45) is 4.04. The van der Waals surface area contributed by atoms with E-state index < -0.39 is 17.5 Å². The second-order valence-electron chi connectivity index (χ2n) is 4.97. The van der Waals surface area contributed by atoms with Crippen LogP contribution >= 0.6 is 0 Å². The molecule has 106 valence electrons. The van der Waals surface area contributed by atoms with E-state index in [0.717, 1.165) is 5.56 Å². The molecule has 1 aromatic rings. The molecule has 0 bridgehead atoms. The molecule has 2 rings (SSSR count). The maximum Gasteiger partial charge on any atom is 0.316 e. The topological polar surface area (TPSA) is 52.6 Å². The minimum absolute atomic E-state index is 0.349. The second kappa shape index (κ2) is 5.90. The van der Waals surface area contributed by atoms with Crippen LogP contribution < -0.4 is 0 Å². The van der Waals surface area contributed by atoms with Crippen molar-refractivity contribution in [1.82, 2.24) is 0 Å². The van der Waals surface area contributed by atoms with Crippen molar-refractivity contribution in [3.63, 3.8) is 0 Å². The Morgan fingerprint density at radius 1 is 1.30 bits per heavy atom. The summed E-state index contributed by atoms with van der Waals surface area (Å²) < 4.78 is 10.2. The van der Waals surface area contributed by atoms with Gasteiger partial charge in [-0.3, -0.25) is 9.59 Å². The molecule has 0 saturated heterocycles. The molecule has 0 spiro atoms. The van der Waals surface area contributed by atoms with Gasteiger partial charge in [0.25, 0.3) is 0 Å². The van der Waals surface area contributed by atoms with Crippen LogP contribution in [0.5, 0.6) is 0 Å². The van der Waals surface area contributed by atoms with Crippen LogP contribution in [0.2, 0.25) is 0 Å². The summed E-state index contributed by atoms with van der Waals surface area (Å²) >= 11 is 0. The first kappa shape index (κ1) is 14.3. The van der Waals surface area contributed by atoms with Crippen LogP contribution in [0.15, 0.2) is 42.5 Å². The maximum atomic E-state index is 12.3. The third-order valence-electron chi connectivity index (χ3n) is 3.58. The van der Waals surface area contributed by atoms with Gasteiger partial charge in [-0.15, -0.1) is 0 Å². The smallest absolute Gasteiger partial charge is 0.316 e. The van der Waals surface area contributed by atoms with E-state index in [2.05, 4.69) is 0 Å². The van der Waals surface area contributed by atoms with Gasteiger partial charge < -0.3 is 9.47 Å². The lowest BCUT2D eigenvalue weighted by Gasteiger charge is -2.32. The zero-order valence-corrected chi connectivity index (χ0v) is 11.7. The Hall–Kier alpha value is -2.10. The molecule has 4 heteroatoms. The standard InChI is InChI=1S/C16H18O4/c1-12(17)20-14-9-6-10-16(14,15(18)19-2)11-13-7-4-3-5-8-13/h3-9,14H,10-11H2,1-2H3/t14-,16+/m1/s1. The Bertz CT molecular complexity index is 521. The second-order valence-corrected chi connectivity index (χ2v) is 4.97. The van der Waals surface area contributed by atoms with Crippen molar-refractivity contribution in [2.45, 2.75) is 25.9 Å². The summed E-state index contributed by atoms with van der Waals surface area (Å²) in [7, 11) is 1.36. The predicted molar refractivity (Wildman–Crippen MR) is 73.9 cm³/mol. The fraction of sp³-hybridized carbons (Fsp3) is 0.375. The number of hydrogen-bond donors (Lipinski definition) is 0. The summed E-state index contributed by atoms with van der Waals surface area (Å²) in [5.41, 5.74) is 0.153. The van der Waals surface area contributed by atoms with Gasteiger partial charge in [-0.2, -0.15) is 0 Å². The van der Waals surface area contributed by atoms with E-state index in [9.17, 15) is 9.59 Å². The van der Waals surface area contributed by atoms with Gasteiger partial charge in [-0.25, -0.2) is 0 Å². The fourth-order valence-electron chi connectivity index (χ4n) is 2.64. The summed E-state index contributed by atoms with van der Waals surface area (Å²) in [6, 6.07) is 9.67. The molecule has 20 heavy (non-hydrogen) atoms. The Morgan fingerprint density at radius 2 is 2.00 bits per heavy atom. The normalized spacial score (nSPS) is 24.4. The molecule has 0 radical (unpaired) electrons. The summed E-state index contributed by atoms with van der Waals surface area (Å²) in [6.45, 7) is 1.34. The van der Waals surface area contributed by atoms with E-state index in [0.29, 0.717) is 12.8 Å². The maximum absolute atomic E-state index is 12.3. The summed E-state index contributed by atoms with van der Waals surface area (Å²) in [4.78, 5) is 23.5. The minimum atomic E-state index is -0.859. The highest BCUT2D eigenvalue weighted by molar-refractivity contribution is 5.80. The molecule has 0 saturated carbocycles. The van der Waals surface area contributed by atoms with Crippen molar-refractivity contribution >= 4 is 11.9 Å². The van der Waals surface area contributed by atoms with Gasteiger partial charge in [0.1, 0.15) is 11.5 Å². The van der Waals surface area contributed by atoms with E-state index in [1.165, 1.54) is 14.0 Å². The highest BCUT2D eigenvalue weighted by atomic mass is 16.6. The molecule has 4 nitrogen and oxygen atoms in total. The zero-order valence-electron chi connectivity index (χ0n) is 11.7. The molecule has 1 aliphatic rings. The van der Waals surface area contributed by atoms with Crippen LogP contribution in [0.25, 0.3) is 0 Å². The molecule has 0 aliphatic heterocycles. The van der Waals surface area contributed by atoms with Crippen molar-refractivity contribution in [3.05, 3.63) is 48.0 Å². The van der Waals surface area contributed by atoms with Gasteiger partial charge in [0, 0.05) is 6.92 Å². The fourth-order valence-corrected chi connectivity index (χ4v) is 2.64. The largest absolute Gasteiger partial charge is 0.468 e. The molecular formula is C16H18O4. The van der Waals surface area contributed by atoms with E-state index in [4.69, 9.17) is 9.47 Å². The molecular weight excluding hydrogens is 256 g/mol. The number of rotatable bonds is 4. The van der Waals surface area contributed by atoms with Crippen LogP contribution in [0.1, 0.15) is 18.9 Å². The molecule has 0 aromatic heterocycles. The van der Waals surface area contributed by atoms with Crippen molar-refractivity contribution in [2.75, 3.05) is 7.11 Å². The van der Waals surface area contributed by atoms with E-state index >= 15 is 0 Å². The summed E-state index contributed by atoms with van der Waals surface area (Å²) in [5, 5.41) is 0. The van der Waals surface area contributed by atoms with Crippen molar-refractivity contribution < 1.29 is 19.1 Å². The molecule has 0 fully saturated rings. The highest BCUT2D eigenvalue weighted by Crippen LogP contribution is 2.40. The van der Waals surface area contributed by atoms with Crippen LogP contribution in [0, 0.1) is 5.41 Å². The number of allylic oxidation sites excluding steroid dienone is 1. The first-order valence-electron chi connectivity index (χ1n) is 6.55. The quantitative estimate of drug-likeness (QED) is 0.624. The van der Waals surface area contributed by atoms with E-state index in [1.54, 1.807) is 6.08 Å². The number of carbonyl (C=O) groups is 2. The van der Waals surface area contributed by atoms with Crippen LogP contribution in [-0.4, -0.2) is 25.2 Å². The lowest BCUT2D eigenvalue weighted by atomic mass is 9.77.